The van der Waals surface area contributed by atoms with Crippen LogP contribution in [0, 0.1) is 41.5 Å². The van der Waals surface area contributed by atoms with E-state index in [0.29, 0.717) is 4.90 Å². The van der Waals surface area contributed by atoms with Gasteiger partial charge in [-0.3, -0.25) is 0 Å². The van der Waals surface area contributed by atoms with E-state index in [9.17, 15) is 8.42 Å². The van der Waals surface area contributed by atoms with Crippen molar-refractivity contribution in [3.05, 3.63) is 63.2 Å². The van der Waals surface area contributed by atoms with E-state index in [1.165, 1.54) is 0 Å². The lowest BCUT2D eigenvalue weighted by molar-refractivity contribution is 0.565. The van der Waals surface area contributed by atoms with Crippen molar-refractivity contribution in [2.24, 2.45) is 0 Å². The average molecular weight is 346 g/mol. The van der Waals surface area contributed by atoms with E-state index in [1.54, 1.807) is 0 Å². The highest BCUT2D eigenvalue weighted by atomic mass is 32.2. The maximum Gasteiger partial charge on any atom is 0.241 e. The van der Waals surface area contributed by atoms with Crippen molar-refractivity contribution in [2.75, 3.05) is 0 Å². The molecule has 0 aliphatic rings. The highest BCUT2D eigenvalue weighted by Gasteiger charge is 2.25. The average Bonchev–Trinajstić information content (AvgIpc) is 2.51. The van der Waals surface area contributed by atoms with Crippen LogP contribution in [0.4, 0.5) is 0 Å². The molecule has 2 aromatic rings. The van der Waals surface area contributed by atoms with Gasteiger partial charge < -0.3 is 0 Å². The summed E-state index contributed by atoms with van der Waals surface area (Å²) in [6.07, 6.45) is 0. The Bertz CT molecular complexity index is 836. The van der Waals surface area contributed by atoms with Crippen molar-refractivity contribution in [1.29, 1.82) is 0 Å². The van der Waals surface area contributed by atoms with Crippen molar-refractivity contribution >= 4 is 10.0 Å². The molecule has 0 bridgehead atoms. The largest absolute Gasteiger partial charge is 0.241 e. The van der Waals surface area contributed by atoms with Crippen molar-refractivity contribution < 1.29 is 8.42 Å². The summed E-state index contributed by atoms with van der Waals surface area (Å²) in [5.41, 5.74) is 7.03. The third kappa shape index (κ3) is 3.40. The Labute approximate surface area is 146 Å². The van der Waals surface area contributed by atoms with Gasteiger partial charge in [0.05, 0.1) is 4.90 Å². The molecular weight excluding hydrogens is 318 g/mol. The molecule has 0 saturated heterocycles. The van der Waals surface area contributed by atoms with Gasteiger partial charge in [-0.15, -0.1) is 0 Å². The summed E-state index contributed by atoms with van der Waals surface area (Å²) in [7, 11) is -3.59. The first kappa shape index (κ1) is 18.7. The van der Waals surface area contributed by atoms with Gasteiger partial charge in [-0.1, -0.05) is 29.8 Å². The molecule has 0 fully saturated rings. The van der Waals surface area contributed by atoms with Crippen LogP contribution in [0.3, 0.4) is 0 Å². The fraction of sp³-hybridized carbons (Fsp3) is 0.400. The van der Waals surface area contributed by atoms with Gasteiger partial charge in [0.2, 0.25) is 10.0 Å². The normalized spacial score (nSPS) is 13.1. The minimum absolute atomic E-state index is 0.281. The topological polar surface area (TPSA) is 46.2 Å². The van der Waals surface area contributed by atoms with Gasteiger partial charge in [0.15, 0.2) is 0 Å². The van der Waals surface area contributed by atoms with Gasteiger partial charge in [0.1, 0.15) is 0 Å². The van der Waals surface area contributed by atoms with Gasteiger partial charge in [0, 0.05) is 6.04 Å². The maximum absolute atomic E-state index is 13.0. The van der Waals surface area contributed by atoms with Gasteiger partial charge in [-0.05, 0) is 81.8 Å². The van der Waals surface area contributed by atoms with E-state index in [2.05, 4.69) is 4.72 Å². The summed E-state index contributed by atoms with van der Waals surface area (Å²) in [6, 6.07) is 7.64. The fourth-order valence-corrected chi connectivity index (χ4v) is 4.92. The zero-order valence-corrected chi connectivity index (χ0v) is 16.4. The molecule has 0 aromatic heterocycles. The second-order valence-electron chi connectivity index (χ2n) is 6.71. The zero-order chi connectivity index (χ0) is 18.2. The predicted octanol–water partition coefficient (Wildman–Crippen LogP) is 4.58. The summed E-state index contributed by atoms with van der Waals surface area (Å²) >= 11 is 0. The van der Waals surface area contributed by atoms with E-state index < -0.39 is 10.0 Å². The number of benzene rings is 2. The molecule has 0 amide bonds. The Balaban J connectivity index is 2.46. The fourth-order valence-electron chi connectivity index (χ4n) is 3.08. The molecule has 1 unspecified atom stereocenters. The van der Waals surface area contributed by atoms with Crippen molar-refractivity contribution in [1.82, 2.24) is 4.72 Å². The summed E-state index contributed by atoms with van der Waals surface area (Å²) in [4.78, 5) is 0.419. The molecule has 0 aliphatic carbocycles. The first-order valence-corrected chi connectivity index (χ1v) is 9.70. The highest BCUT2D eigenvalue weighted by molar-refractivity contribution is 7.89. The minimum Gasteiger partial charge on any atom is -0.207 e. The Morgan fingerprint density at radius 1 is 0.750 bits per heavy atom. The van der Waals surface area contributed by atoms with E-state index in [-0.39, 0.29) is 6.04 Å². The van der Waals surface area contributed by atoms with Crippen molar-refractivity contribution in [2.45, 2.75) is 59.4 Å². The van der Waals surface area contributed by atoms with E-state index in [0.717, 1.165) is 38.9 Å². The molecule has 0 aliphatic heterocycles. The lowest BCUT2D eigenvalue weighted by Crippen LogP contribution is -2.28. The molecular formula is C20H27NO2S. The molecule has 130 valence electrons. The molecule has 24 heavy (non-hydrogen) atoms. The van der Waals surface area contributed by atoms with Crippen LogP contribution in [0.5, 0.6) is 0 Å². The number of hydrogen-bond donors (Lipinski definition) is 1. The molecule has 0 saturated carbocycles. The monoisotopic (exact) mass is 345 g/mol. The van der Waals surface area contributed by atoms with Crippen LogP contribution in [0.1, 0.15) is 51.9 Å². The van der Waals surface area contributed by atoms with Crippen molar-refractivity contribution in [3.63, 3.8) is 0 Å². The Morgan fingerprint density at radius 3 is 1.62 bits per heavy atom. The Morgan fingerprint density at radius 2 is 1.17 bits per heavy atom. The third-order valence-electron chi connectivity index (χ3n) is 5.11. The second kappa shape index (κ2) is 6.69. The summed E-state index contributed by atoms with van der Waals surface area (Å²) < 4.78 is 28.9. The quantitative estimate of drug-likeness (QED) is 0.882. The maximum atomic E-state index is 13.0. The van der Waals surface area contributed by atoms with Gasteiger partial charge >= 0.3 is 0 Å². The number of hydrogen-bond acceptors (Lipinski definition) is 2. The van der Waals surface area contributed by atoms with Crippen LogP contribution in [0.2, 0.25) is 0 Å². The number of sulfonamides is 1. The standard InChI is InChI=1S/C20H27NO2S/c1-12-8-10-19(11-9-12)18(7)21-24(22,23)20-16(5)14(3)13(2)15(4)17(20)6/h8-11,18,21H,1-7H3. The van der Waals surface area contributed by atoms with Crippen LogP contribution in [0.15, 0.2) is 29.2 Å². The second-order valence-corrected chi connectivity index (χ2v) is 8.36. The van der Waals surface area contributed by atoms with E-state index in [4.69, 9.17) is 0 Å². The first-order valence-electron chi connectivity index (χ1n) is 8.22. The van der Waals surface area contributed by atoms with Crippen LogP contribution in [-0.4, -0.2) is 8.42 Å². The highest BCUT2D eigenvalue weighted by Crippen LogP contribution is 2.30. The number of nitrogens with one attached hydrogen (secondary N) is 1. The minimum atomic E-state index is -3.59. The lowest BCUT2D eigenvalue weighted by Gasteiger charge is -2.21. The third-order valence-corrected chi connectivity index (χ3v) is 6.92. The molecule has 2 aromatic carbocycles. The summed E-state index contributed by atoms with van der Waals surface area (Å²) in [5, 5.41) is 0. The Hall–Kier alpha value is -1.65. The van der Waals surface area contributed by atoms with Gasteiger partial charge in [0.25, 0.3) is 0 Å². The smallest absolute Gasteiger partial charge is 0.207 e. The van der Waals surface area contributed by atoms with Gasteiger partial charge in [-0.25, -0.2) is 13.1 Å². The molecule has 3 nitrogen and oxygen atoms in total. The van der Waals surface area contributed by atoms with Crippen LogP contribution in [0.25, 0.3) is 0 Å². The number of aryl methyl sites for hydroxylation is 1. The lowest BCUT2D eigenvalue weighted by atomic mass is 9.95. The summed E-state index contributed by atoms with van der Waals surface area (Å²) in [6.45, 7) is 13.7. The predicted molar refractivity (Wildman–Crippen MR) is 100 cm³/mol. The van der Waals surface area contributed by atoms with E-state index >= 15 is 0 Å². The van der Waals surface area contributed by atoms with Crippen LogP contribution < -0.4 is 4.72 Å². The molecule has 0 heterocycles. The molecule has 0 spiro atoms. The SMILES string of the molecule is Cc1ccc(C(C)NS(=O)(=O)c2c(C)c(C)c(C)c(C)c2C)cc1. The van der Waals surface area contributed by atoms with Crippen LogP contribution in [-0.2, 0) is 10.0 Å². The summed E-state index contributed by atoms with van der Waals surface area (Å²) in [5.74, 6) is 0. The molecule has 2 rings (SSSR count). The molecule has 4 heteroatoms. The molecule has 1 N–H and O–H groups in total. The van der Waals surface area contributed by atoms with Gasteiger partial charge in [-0.2, -0.15) is 0 Å². The number of rotatable bonds is 4. The molecule has 0 radical (unpaired) electrons. The Kier molecular flexibility index (Phi) is 5.21. The zero-order valence-electron chi connectivity index (χ0n) is 15.6. The van der Waals surface area contributed by atoms with Crippen LogP contribution >= 0.6 is 0 Å². The first-order chi connectivity index (χ1) is 11.1. The molecule has 1 atom stereocenters. The van der Waals surface area contributed by atoms with Crippen molar-refractivity contribution in [3.8, 4) is 0 Å². The van der Waals surface area contributed by atoms with E-state index in [1.807, 2.05) is 72.7 Å².